The fourth-order valence-electron chi connectivity index (χ4n) is 1.46. The van der Waals surface area contributed by atoms with Crippen LogP contribution in [-0.4, -0.2) is 28.2 Å². The molecule has 1 aromatic carbocycles. The Morgan fingerprint density at radius 2 is 2.10 bits per heavy atom. The van der Waals surface area contributed by atoms with Crippen molar-refractivity contribution < 1.29 is 9.53 Å². The van der Waals surface area contributed by atoms with E-state index < -0.39 is 0 Å². The topological polar surface area (TPSA) is 90.1 Å². The Morgan fingerprint density at radius 3 is 2.85 bits per heavy atom. The molecule has 0 aliphatic carbocycles. The van der Waals surface area contributed by atoms with Gasteiger partial charge in [-0.1, -0.05) is 17.8 Å². The highest BCUT2D eigenvalue weighted by Gasteiger charge is 2.04. The maximum Gasteiger partial charge on any atom is 0.265 e. The molecule has 0 aliphatic heterocycles. The normalized spacial score (nSPS) is 10.1. The van der Waals surface area contributed by atoms with Crippen molar-refractivity contribution in [3.63, 3.8) is 0 Å². The molecule has 20 heavy (non-hydrogen) atoms. The summed E-state index contributed by atoms with van der Waals surface area (Å²) in [6, 6.07) is 8.62. The van der Waals surface area contributed by atoms with Crippen LogP contribution in [0.3, 0.4) is 0 Å². The lowest BCUT2D eigenvalue weighted by Gasteiger charge is -2.07. The molecule has 0 unspecified atom stereocenters. The van der Waals surface area contributed by atoms with E-state index in [-0.39, 0.29) is 5.91 Å². The number of aromatic nitrogens is 2. The number of nitrogens with zero attached hydrogens (tertiary/aromatic N) is 2. The summed E-state index contributed by atoms with van der Waals surface area (Å²) >= 11 is 1.51. The van der Waals surface area contributed by atoms with Crippen molar-refractivity contribution in [2.45, 2.75) is 5.16 Å². The van der Waals surface area contributed by atoms with Gasteiger partial charge in [0.05, 0.1) is 6.61 Å². The zero-order valence-electron chi connectivity index (χ0n) is 10.7. The first-order chi connectivity index (χ1) is 9.79. The van der Waals surface area contributed by atoms with Crippen LogP contribution in [0.2, 0.25) is 0 Å². The molecule has 0 spiro atoms. The van der Waals surface area contributed by atoms with Gasteiger partial charge in [-0.2, -0.15) is 0 Å². The fraction of sp³-hybridized carbons (Fsp3) is 0.154. The van der Waals surface area contributed by atoms with Crippen molar-refractivity contribution >= 4 is 17.7 Å². The Hall–Kier alpha value is -2.12. The van der Waals surface area contributed by atoms with E-state index >= 15 is 0 Å². The maximum absolute atomic E-state index is 11.4. The van der Waals surface area contributed by atoms with Crippen LogP contribution in [-0.2, 0) is 0 Å². The molecule has 0 saturated carbocycles. The molecule has 2 rings (SSSR count). The Kier molecular flexibility index (Phi) is 5.33. The predicted molar refractivity (Wildman–Crippen MR) is 76.3 cm³/mol. The number of hydrogen-bond donors (Lipinski definition) is 2. The van der Waals surface area contributed by atoms with Crippen molar-refractivity contribution in [2.24, 2.45) is 5.84 Å². The highest BCUT2D eigenvalue weighted by molar-refractivity contribution is 7.99. The molecule has 0 atom stereocenters. The second kappa shape index (κ2) is 7.46. The van der Waals surface area contributed by atoms with Crippen LogP contribution in [0.25, 0.3) is 0 Å². The van der Waals surface area contributed by atoms with Crippen LogP contribution < -0.4 is 16.0 Å². The number of carbonyl (C=O) groups is 1. The van der Waals surface area contributed by atoms with Crippen molar-refractivity contribution in [2.75, 3.05) is 12.4 Å². The molecule has 2 aromatic rings. The summed E-state index contributed by atoms with van der Waals surface area (Å²) in [6.07, 6.45) is 3.40. The van der Waals surface area contributed by atoms with Gasteiger partial charge in [0.1, 0.15) is 5.75 Å². The summed E-state index contributed by atoms with van der Waals surface area (Å²) in [4.78, 5) is 19.6. The van der Waals surface area contributed by atoms with Gasteiger partial charge in [-0.05, 0) is 24.3 Å². The quantitative estimate of drug-likeness (QED) is 0.208. The predicted octanol–water partition coefficient (Wildman–Crippen LogP) is 1.25. The Labute approximate surface area is 120 Å². The first kappa shape index (κ1) is 14.3. The maximum atomic E-state index is 11.4. The number of hydrogen-bond acceptors (Lipinski definition) is 6. The minimum absolute atomic E-state index is 0.345. The monoisotopic (exact) mass is 290 g/mol. The van der Waals surface area contributed by atoms with Crippen LogP contribution in [0.1, 0.15) is 10.4 Å². The number of amides is 1. The highest BCUT2D eigenvalue weighted by atomic mass is 32.2. The number of thioether (sulfide) groups is 1. The summed E-state index contributed by atoms with van der Waals surface area (Å²) in [5.41, 5.74) is 2.54. The number of nitrogens with one attached hydrogen (secondary N) is 1. The molecule has 3 N–H and O–H groups in total. The third-order valence-corrected chi connectivity index (χ3v) is 3.19. The molecule has 1 aromatic heterocycles. The molecule has 0 aliphatic rings. The molecule has 0 radical (unpaired) electrons. The smallest absolute Gasteiger partial charge is 0.265 e. The standard InChI is InChI=1S/C13H14N4O2S/c14-17-12(18)10-3-1-4-11(9-10)19-7-8-20-13-15-5-2-6-16-13/h1-6,9H,7-8,14H2,(H,17,18). The van der Waals surface area contributed by atoms with Gasteiger partial charge in [-0.3, -0.25) is 10.2 Å². The average Bonchev–Trinajstić information content (AvgIpc) is 2.52. The number of carbonyl (C=O) groups excluding carboxylic acids is 1. The molecule has 1 heterocycles. The second-order valence-corrected chi connectivity index (χ2v) is 4.79. The molecule has 104 valence electrons. The highest BCUT2D eigenvalue weighted by Crippen LogP contribution is 2.15. The van der Waals surface area contributed by atoms with Gasteiger partial charge in [-0.25, -0.2) is 15.8 Å². The Morgan fingerprint density at radius 1 is 1.30 bits per heavy atom. The van der Waals surface area contributed by atoms with Crippen molar-refractivity contribution in [1.82, 2.24) is 15.4 Å². The molecule has 7 heteroatoms. The zero-order valence-corrected chi connectivity index (χ0v) is 11.5. The summed E-state index contributed by atoms with van der Waals surface area (Å²) in [6.45, 7) is 0.497. The molecule has 1 amide bonds. The number of benzene rings is 1. The lowest BCUT2D eigenvalue weighted by Crippen LogP contribution is -2.29. The van der Waals surface area contributed by atoms with E-state index in [4.69, 9.17) is 10.6 Å². The SMILES string of the molecule is NNC(=O)c1cccc(OCCSc2ncccn2)c1. The number of rotatable bonds is 6. The largest absolute Gasteiger partial charge is 0.493 e. The summed E-state index contributed by atoms with van der Waals surface area (Å²) < 4.78 is 5.57. The van der Waals surface area contributed by atoms with E-state index in [2.05, 4.69) is 15.4 Å². The molecule has 0 saturated heterocycles. The number of hydrazine groups is 1. The third-order valence-electron chi connectivity index (χ3n) is 2.35. The minimum Gasteiger partial charge on any atom is -0.493 e. The minimum atomic E-state index is -0.345. The van der Waals surface area contributed by atoms with Gasteiger partial charge < -0.3 is 4.74 Å². The van der Waals surface area contributed by atoms with E-state index in [1.54, 1.807) is 42.7 Å². The van der Waals surface area contributed by atoms with Gasteiger partial charge >= 0.3 is 0 Å². The van der Waals surface area contributed by atoms with Crippen LogP contribution in [0.4, 0.5) is 0 Å². The van der Waals surface area contributed by atoms with E-state index in [0.717, 1.165) is 5.75 Å². The van der Waals surface area contributed by atoms with Crippen molar-refractivity contribution in [3.8, 4) is 5.75 Å². The number of nitrogens with two attached hydrogens (primary N) is 1. The Bertz CT molecular complexity index is 565. The van der Waals surface area contributed by atoms with Gasteiger partial charge in [-0.15, -0.1) is 0 Å². The van der Waals surface area contributed by atoms with Crippen molar-refractivity contribution in [1.29, 1.82) is 0 Å². The molecule has 0 fully saturated rings. The van der Waals surface area contributed by atoms with Crippen LogP contribution in [0, 0.1) is 0 Å². The van der Waals surface area contributed by atoms with Crippen LogP contribution >= 0.6 is 11.8 Å². The first-order valence-corrected chi connectivity index (χ1v) is 6.92. The lowest BCUT2D eigenvalue weighted by atomic mass is 10.2. The molecule has 0 bridgehead atoms. The Balaban J connectivity index is 1.81. The number of nitrogen functional groups attached to an aromatic ring is 1. The van der Waals surface area contributed by atoms with E-state index in [1.807, 2.05) is 0 Å². The summed E-state index contributed by atoms with van der Waals surface area (Å²) in [7, 11) is 0. The number of ether oxygens (including phenoxy) is 1. The fourth-order valence-corrected chi connectivity index (χ4v) is 2.08. The summed E-state index contributed by atoms with van der Waals surface area (Å²) in [5.74, 6) is 6.08. The summed E-state index contributed by atoms with van der Waals surface area (Å²) in [5, 5.41) is 0.715. The van der Waals surface area contributed by atoms with Crippen molar-refractivity contribution in [3.05, 3.63) is 48.3 Å². The molecule has 6 nitrogen and oxygen atoms in total. The van der Waals surface area contributed by atoms with E-state index in [0.29, 0.717) is 23.1 Å². The van der Waals surface area contributed by atoms with Gasteiger partial charge in [0.15, 0.2) is 5.16 Å². The van der Waals surface area contributed by atoms with E-state index in [1.165, 1.54) is 11.8 Å². The van der Waals surface area contributed by atoms with Crippen LogP contribution in [0.15, 0.2) is 47.9 Å². The lowest BCUT2D eigenvalue weighted by molar-refractivity contribution is 0.0953. The zero-order chi connectivity index (χ0) is 14.2. The van der Waals surface area contributed by atoms with Crippen LogP contribution in [0.5, 0.6) is 5.75 Å². The molecular formula is C13H14N4O2S. The third kappa shape index (κ3) is 4.22. The van der Waals surface area contributed by atoms with Gasteiger partial charge in [0.25, 0.3) is 5.91 Å². The van der Waals surface area contributed by atoms with E-state index in [9.17, 15) is 4.79 Å². The van der Waals surface area contributed by atoms with Gasteiger partial charge in [0, 0.05) is 23.7 Å². The van der Waals surface area contributed by atoms with Gasteiger partial charge in [0.2, 0.25) is 0 Å². The second-order valence-electron chi connectivity index (χ2n) is 3.73. The average molecular weight is 290 g/mol. The first-order valence-electron chi connectivity index (χ1n) is 5.93. The molecular weight excluding hydrogens is 276 g/mol.